The lowest BCUT2D eigenvalue weighted by Gasteiger charge is -2.22. The number of alkyl halides is 6. The SMILES string of the molecule is C=C(C)C(=O)OCCC[n+]1ccn(CCCC)c1.O=S(=O)([N-]S(=O)(=O)C(F)(F)F)C(F)(F)F. The highest BCUT2D eigenvalue weighted by Gasteiger charge is 2.46. The zero-order valence-corrected chi connectivity index (χ0v) is 19.2. The molecule has 1 rings (SSSR count). The zero-order valence-electron chi connectivity index (χ0n) is 17.6. The average molecular weight is 531 g/mol. The number of nitrogens with zero attached hydrogens (tertiary/aromatic N) is 3. The fourth-order valence-corrected chi connectivity index (χ4v) is 3.50. The van der Waals surface area contributed by atoms with Crippen molar-refractivity contribution >= 4 is 26.0 Å². The zero-order chi connectivity index (χ0) is 26.1. The van der Waals surface area contributed by atoms with Crippen molar-refractivity contribution in [3.8, 4) is 0 Å². The summed E-state index contributed by atoms with van der Waals surface area (Å²) in [6.45, 7) is 9.76. The summed E-state index contributed by atoms with van der Waals surface area (Å²) in [7, 11) is -13.4. The quantitative estimate of drug-likeness (QED) is 0.151. The van der Waals surface area contributed by atoms with E-state index in [2.05, 4.69) is 41.4 Å². The van der Waals surface area contributed by atoms with Crippen LogP contribution in [0.4, 0.5) is 26.3 Å². The molecule has 0 unspecified atom stereocenters. The Hall–Kier alpha value is -2.14. The van der Waals surface area contributed by atoms with E-state index in [0.717, 1.165) is 23.6 Å². The van der Waals surface area contributed by atoms with Crippen molar-refractivity contribution in [2.45, 2.75) is 57.2 Å². The first-order chi connectivity index (χ1) is 14.8. The fourth-order valence-electron chi connectivity index (χ4n) is 1.79. The normalized spacial score (nSPS) is 12.6. The van der Waals surface area contributed by atoms with E-state index in [9.17, 15) is 48.0 Å². The monoisotopic (exact) mass is 531 g/mol. The molecule has 0 saturated carbocycles. The van der Waals surface area contributed by atoms with Gasteiger partial charge in [0.05, 0.1) is 19.7 Å². The lowest BCUT2D eigenvalue weighted by Crippen LogP contribution is -2.31. The van der Waals surface area contributed by atoms with E-state index < -0.39 is 31.1 Å². The molecule has 17 heteroatoms. The molecule has 0 aliphatic rings. The summed E-state index contributed by atoms with van der Waals surface area (Å²) < 4.78 is 119. The number of carbonyl (C=O) groups is 1. The smallest absolute Gasteiger partial charge is 0.462 e. The van der Waals surface area contributed by atoms with Crippen LogP contribution in [0.15, 0.2) is 30.9 Å². The van der Waals surface area contributed by atoms with Gasteiger partial charge in [-0.1, -0.05) is 19.9 Å². The first-order valence-electron chi connectivity index (χ1n) is 9.08. The van der Waals surface area contributed by atoms with E-state index in [1.165, 1.54) is 12.8 Å². The Bertz CT molecular complexity index is 959. The maximum atomic E-state index is 11.4. The number of ether oxygens (including phenoxy) is 1. The molecular formula is C16H23F6N3O6S2. The van der Waals surface area contributed by atoms with Gasteiger partial charge in [0.1, 0.15) is 12.4 Å². The number of sulfonamides is 2. The van der Waals surface area contributed by atoms with Gasteiger partial charge in [0.25, 0.3) is 0 Å². The standard InChI is InChI=1S/C14H23N2O2.C2F6NO4S2/c1-4-5-7-15-9-10-16(12-15)8-6-11-18-14(17)13(2)3;3-1(4,5)14(10,11)9-15(12,13)2(6,7)8/h9-10,12H,2,4-8,11H2,1,3H3;/q+1;-1. The Morgan fingerprint density at radius 2 is 1.58 bits per heavy atom. The van der Waals surface area contributed by atoms with Crippen LogP contribution in [0.25, 0.3) is 4.13 Å². The van der Waals surface area contributed by atoms with E-state index in [1.807, 2.05) is 0 Å². The summed E-state index contributed by atoms with van der Waals surface area (Å²) in [5, 5.41) is 0. The minimum absolute atomic E-state index is 0.305. The third-order valence-electron chi connectivity index (χ3n) is 3.44. The van der Waals surface area contributed by atoms with Gasteiger partial charge < -0.3 is 8.86 Å². The molecule has 0 bridgehead atoms. The summed E-state index contributed by atoms with van der Waals surface area (Å²) in [6, 6.07) is 0. The molecule has 1 aromatic rings. The van der Waals surface area contributed by atoms with Crippen LogP contribution >= 0.6 is 0 Å². The molecule has 1 aromatic heterocycles. The number of aryl methyl sites for hydroxylation is 2. The molecule has 0 radical (unpaired) electrons. The van der Waals surface area contributed by atoms with Crippen LogP contribution in [0, 0.1) is 0 Å². The molecule has 0 aromatic carbocycles. The molecule has 0 atom stereocenters. The van der Waals surface area contributed by atoms with Crippen molar-refractivity contribution in [3.63, 3.8) is 0 Å². The van der Waals surface area contributed by atoms with Crippen molar-refractivity contribution in [1.82, 2.24) is 4.57 Å². The molecule has 0 N–H and O–H groups in total. The van der Waals surface area contributed by atoms with Gasteiger partial charge in [0.2, 0.25) is 6.33 Å². The highest BCUT2D eigenvalue weighted by molar-refractivity contribution is 8.13. The van der Waals surface area contributed by atoms with Crippen molar-refractivity contribution in [2.24, 2.45) is 0 Å². The van der Waals surface area contributed by atoms with Gasteiger partial charge in [-0.25, -0.2) is 30.8 Å². The predicted octanol–water partition coefficient (Wildman–Crippen LogP) is 3.14. The number of hydrogen-bond acceptors (Lipinski definition) is 6. The fraction of sp³-hybridized carbons (Fsp3) is 0.625. The van der Waals surface area contributed by atoms with Crippen LogP contribution in [0.1, 0.15) is 33.1 Å². The van der Waals surface area contributed by atoms with Crippen molar-refractivity contribution in [2.75, 3.05) is 6.61 Å². The summed E-state index contributed by atoms with van der Waals surface area (Å²) in [5.74, 6) is -0.305. The molecule has 9 nitrogen and oxygen atoms in total. The van der Waals surface area contributed by atoms with Crippen LogP contribution < -0.4 is 4.57 Å². The van der Waals surface area contributed by atoms with E-state index in [1.54, 1.807) is 6.92 Å². The summed E-state index contributed by atoms with van der Waals surface area (Å²) in [4.78, 5) is 11.1. The van der Waals surface area contributed by atoms with Gasteiger partial charge in [0, 0.05) is 12.0 Å². The number of esters is 1. The molecule has 1 heterocycles. The predicted molar refractivity (Wildman–Crippen MR) is 103 cm³/mol. The average Bonchev–Trinajstić information content (AvgIpc) is 3.08. The molecule has 0 aliphatic heterocycles. The van der Waals surface area contributed by atoms with Gasteiger partial charge in [-0.3, -0.25) is 0 Å². The van der Waals surface area contributed by atoms with Gasteiger partial charge in [-0.15, -0.1) is 0 Å². The number of halogens is 6. The number of imidazole rings is 1. The number of hydrogen-bond donors (Lipinski definition) is 0. The van der Waals surface area contributed by atoms with Gasteiger partial charge in [0.15, 0.2) is 20.0 Å². The minimum atomic E-state index is -6.72. The maximum Gasteiger partial charge on any atom is 0.480 e. The van der Waals surface area contributed by atoms with Crippen molar-refractivity contribution in [1.29, 1.82) is 0 Å². The number of carbonyl (C=O) groups excluding carboxylic acids is 1. The Balaban J connectivity index is 0.000000633. The summed E-state index contributed by atoms with van der Waals surface area (Å²) in [6.07, 6.45) is 9.45. The topological polar surface area (TPSA) is 117 Å². The van der Waals surface area contributed by atoms with Gasteiger partial charge in [-0.05, 0) is 13.3 Å². The van der Waals surface area contributed by atoms with Crippen LogP contribution in [0.2, 0.25) is 0 Å². The Morgan fingerprint density at radius 3 is 2.00 bits per heavy atom. The molecule has 0 saturated heterocycles. The highest BCUT2D eigenvalue weighted by atomic mass is 32.3. The molecule has 33 heavy (non-hydrogen) atoms. The second kappa shape index (κ2) is 12.4. The molecule has 192 valence electrons. The summed E-state index contributed by atoms with van der Waals surface area (Å²) in [5.41, 5.74) is -12.0. The van der Waals surface area contributed by atoms with Crippen LogP contribution in [0.3, 0.4) is 0 Å². The Morgan fingerprint density at radius 1 is 1.06 bits per heavy atom. The molecule has 0 fully saturated rings. The van der Waals surface area contributed by atoms with E-state index in [0.29, 0.717) is 12.2 Å². The third-order valence-corrected chi connectivity index (χ3v) is 6.18. The molecule has 0 amide bonds. The van der Waals surface area contributed by atoms with Gasteiger partial charge in [-0.2, -0.15) is 26.3 Å². The van der Waals surface area contributed by atoms with Crippen LogP contribution in [-0.2, 0) is 42.7 Å². The number of unbranched alkanes of at least 4 members (excludes halogenated alkanes) is 1. The van der Waals surface area contributed by atoms with Crippen LogP contribution in [-0.4, -0.2) is 45.0 Å². The van der Waals surface area contributed by atoms with E-state index in [4.69, 9.17) is 4.74 Å². The van der Waals surface area contributed by atoms with Crippen LogP contribution in [0.5, 0.6) is 0 Å². The lowest BCUT2D eigenvalue weighted by molar-refractivity contribution is -0.697. The number of aromatic nitrogens is 2. The van der Waals surface area contributed by atoms with Crippen molar-refractivity contribution < 1.29 is 57.3 Å². The van der Waals surface area contributed by atoms with Crippen molar-refractivity contribution in [3.05, 3.63) is 35.0 Å². The van der Waals surface area contributed by atoms with E-state index >= 15 is 0 Å². The van der Waals surface area contributed by atoms with E-state index in [-0.39, 0.29) is 5.97 Å². The minimum Gasteiger partial charge on any atom is -0.462 e. The maximum absolute atomic E-state index is 11.4. The molecule has 0 aliphatic carbocycles. The Kier molecular flexibility index (Phi) is 11.6. The molecule has 0 spiro atoms. The lowest BCUT2D eigenvalue weighted by atomic mass is 10.3. The first kappa shape index (κ1) is 30.9. The Labute approximate surface area is 187 Å². The summed E-state index contributed by atoms with van der Waals surface area (Å²) >= 11 is 0. The second-order valence-electron chi connectivity index (χ2n) is 6.43. The van der Waals surface area contributed by atoms with Gasteiger partial charge >= 0.3 is 17.0 Å². The largest absolute Gasteiger partial charge is 0.480 e. The number of rotatable bonds is 10. The third kappa shape index (κ3) is 11.0. The first-order valence-corrected chi connectivity index (χ1v) is 12.0. The second-order valence-corrected chi connectivity index (χ2v) is 9.85. The molecular weight excluding hydrogens is 508 g/mol. The highest BCUT2D eigenvalue weighted by Crippen LogP contribution is 2.36.